The normalized spacial score (nSPS) is 11.0. The van der Waals surface area contributed by atoms with Gasteiger partial charge < -0.3 is 5.32 Å². The Labute approximate surface area is 129 Å². The van der Waals surface area contributed by atoms with Gasteiger partial charge >= 0.3 is 10.2 Å². The molecule has 2 rings (SSSR count). The molecule has 0 unspecified atom stereocenters. The minimum Gasteiger partial charge on any atom is -0.339 e. The molecule has 2 aromatic rings. The maximum atomic E-state index is 11.7. The fourth-order valence-corrected chi connectivity index (χ4v) is 2.20. The second-order valence-electron chi connectivity index (χ2n) is 4.60. The predicted octanol–water partition coefficient (Wildman–Crippen LogP) is 1.92. The molecule has 22 heavy (non-hydrogen) atoms. The van der Waals surface area contributed by atoms with Crippen LogP contribution in [0, 0.1) is 11.3 Å². The first kappa shape index (κ1) is 15.8. The van der Waals surface area contributed by atoms with E-state index in [1.165, 1.54) is 20.3 Å². The third-order valence-electron chi connectivity index (χ3n) is 2.80. The molecule has 0 aliphatic carbocycles. The second kappa shape index (κ2) is 6.43. The minimum absolute atomic E-state index is 0.354. The molecule has 0 fully saturated rings. The number of hydrogen-bond acceptors (Lipinski definition) is 5. The first-order valence-corrected chi connectivity index (χ1v) is 7.79. The topological polar surface area (TPSA) is 98.1 Å². The summed E-state index contributed by atoms with van der Waals surface area (Å²) in [6.45, 7) is 0. The molecule has 7 nitrogen and oxygen atoms in total. The Morgan fingerprint density at radius 1 is 1.18 bits per heavy atom. The molecule has 1 aromatic heterocycles. The van der Waals surface area contributed by atoms with Crippen LogP contribution in [0.2, 0.25) is 0 Å². The highest BCUT2D eigenvalue weighted by Gasteiger charge is 2.13. The zero-order valence-corrected chi connectivity index (χ0v) is 12.9. The number of benzene rings is 1. The quantitative estimate of drug-likeness (QED) is 0.878. The van der Waals surface area contributed by atoms with Crippen molar-refractivity contribution in [1.82, 2.24) is 9.29 Å². The largest absolute Gasteiger partial charge is 0.339 e. The van der Waals surface area contributed by atoms with E-state index in [2.05, 4.69) is 21.1 Å². The van der Waals surface area contributed by atoms with Crippen LogP contribution in [0.4, 0.5) is 17.2 Å². The van der Waals surface area contributed by atoms with E-state index < -0.39 is 10.2 Å². The number of pyridine rings is 1. The summed E-state index contributed by atoms with van der Waals surface area (Å²) < 4.78 is 26.8. The summed E-state index contributed by atoms with van der Waals surface area (Å²) in [5.74, 6) is 0.510. The average molecular weight is 317 g/mol. The van der Waals surface area contributed by atoms with Crippen LogP contribution in [-0.4, -0.2) is 31.8 Å². The Morgan fingerprint density at radius 2 is 1.91 bits per heavy atom. The Morgan fingerprint density at radius 3 is 2.50 bits per heavy atom. The highest BCUT2D eigenvalue weighted by Crippen LogP contribution is 2.20. The van der Waals surface area contributed by atoms with Gasteiger partial charge in [-0.3, -0.25) is 4.72 Å². The monoisotopic (exact) mass is 317 g/mol. The molecule has 0 saturated heterocycles. The summed E-state index contributed by atoms with van der Waals surface area (Å²) in [5, 5.41) is 12.0. The Hall–Kier alpha value is -2.63. The molecule has 8 heteroatoms. The summed E-state index contributed by atoms with van der Waals surface area (Å²) in [6, 6.07) is 12.3. The molecule has 0 aliphatic rings. The van der Waals surface area contributed by atoms with Gasteiger partial charge in [-0.1, -0.05) is 12.1 Å². The maximum Gasteiger partial charge on any atom is 0.301 e. The van der Waals surface area contributed by atoms with Crippen LogP contribution in [-0.2, 0) is 10.2 Å². The number of aromatic nitrogens is 1. The van der Waals surface area contributed by atoms with Crippen molar-refractivity contribution in [1.29, 1.82) is 5.26 Å². The van der Waals surface area contributed by atoms with Crippen molar-refractivity contribution in [2.75, 3.05) is 24.1 Å². The van der Waals surface area contributed by atoms with Crippen LogP contribution in [0.5, 0.6) is 0 Å². The van der Waals surface area contributed by atoms with E-state index in [1.807, 2.05) is 6.07 Å². The van der Waals surface area contributed by atoms with Gasteiger partial charge in [-0.05, 0) is 24.3 Å². The van der Waals surface area contributed by atoms with Gasteiger partial charge in [-0.25, -0.2) is 4.98 Å². The Balaban J connectivity index is 2.15. The molecule has 1 heterocycles. The number of nitriles is 1. The fraction of sp³-hybridized carbons (Fsp3) is 0.143. The number of nitrogens with one attached hydrogen (secondary N) is 2. The summed E-state index contributed by atoms with van der Waals surface area (Å²) >= 11 is 0. The molecule has 0 aliphatic heterocycles. The third kappa shape index (κ3) is 3.72. The molecule has 114 valence electrons. The van der Waals surface area contributed by atoms with Gasteiger partial charge in [0.1, 0.15) is 11.9 Å². The van der Waals surface area contributed by atoms with Gasteiger partial charge in [0, 0.05) is 14.1 Å². The SMILES string of the molecule is CN(C)S(=O)(=O)Nc1ccc(Nc2ccccc2C#N)nc1. The lowest BCUT2D eigenvalue weighted by Gasteiger charge is -2.13. The van der Waals surface area contributed by atoms with E-state index in [1.54, 1.807) is 30.3 Å². The predicted molar refractivity (Wildman–Crippen MR) is 84.9 cm³/mol. The van der Waals surface area contributed by atoms with Crippen LogP contribution < -0.4 is 10.0 Å². The smallest absolute Gasteiger partial charge is 0.301 e. The molecule has 1 aromatic carbocycles. The zero-order valence-electron chi connectivity index (χ0n) is 12.1. The number of nitrogens with zero attached hydrogens (tertiary/aromatic N) is 3. The lowest BCUT2D eigenvalue weighted by Crippen LogP contribution is -2.28. The average Bonchev–Trinajstić information content (AvgIpc) is 2.49. The fourth-order valence-electron chi connectivity index (χ4n) is 1.60. The maximum absolute atomic E-state index is 11.7. The van der Waals surface area contributed by atoms with Crippen LogP contribution in [0.25, 0.3) is 0 Å². The number of anilines is 3. The van der Waals surface area contributed by atoms with Crippen molar-refractivity contribution in [2.45, 2.75) is 0 Å². The highest BCUT2D eigenvalue weighted by atomic mass is 32.2. The summed E-state index contributed by atoms with van der Waals surface area (Å²) in [6.07, 6.45) is 1.40. The van der Waals surface area contributed by atoms with E-state index in [-0.39, 0.29) is 0 Å². The van der Waals surface area contributed by atoms with Gasteiger partial charge in [0.2, 0.25) is 0 Å². The van der Waals surface area contributed by atoms with Crippen molar-refractivity contribution in [3.8, 4) is 6.07 Å². The third-order valence-corrected chi connectivity index (χ3v) is 4.26. The van der Waals surface area contributed by atoms with E-state index in [4.69, 9.17) is 5.26 Å². The van der Waals surface area contributed by atoms with Gasteiger partial charge in [0.25, 0.3) is 0 Å². The van der Waals surface area contributed by atoms with Gasteiger partial charge in [0.15, 0.2) is 0 Å². The molecular formula is C14H15N5O2S. The van der Waals surface area contributed by atoms with Crippen molar-refractivity contribution in [3.63, 3.8) is 0 Å². The lowest BCUT2D eigenvalue weighted by atomic mass is 10.2. The number of para-hydroxylation sites is 1. The molecule has 0 atom stereocenters. The minimum atomic E-state index is -3.55. The number of rotatable bonds is 5. The molecule has 0 saturated carbocycles. The van der Waals surface area contributed by atoms with E-state index in [9.17, 15) is 8.42 Å². The lowest BCUT2D eigenvalue weighted by molar-refractivity contribution is 0.527. The van der Waals surface area contributed by atoms with E-state index >= 15 is 0 Å². The first-order valence-electron chi connectivity index (χ1n) is 6.35. The van der Waals surface area contributed by atoms with Crippen molar-refractivity contribution >= 4 is 27.4 Å². The summed E-state index contributed by atoms with van der Waals surface area (Å²) in [5.41, 5.74) is 1.49. The molecule has 0 bridgehead atoms. The van der Waals surface area contributed by atoms with Crippen LogP contribution in [0.1, 0.15) is 5.56 Å². The standard InChI is InChI=1S/C14H15N5O2S/c1-19(2)22(20,21)18-12-7-8-14(16-10-12)17-13-6-4-3-5-11(13)9-15/h3-8,10,18H,1-2H3,(H,16,17). The molecule has 0 spiro atoms. The number of hydrogen-bond donors (Lipinski definition) is 2. The molecular weight excluding hydrogens is 302 g/mol. The second-order valence-corrected chi connectivity index (χ2v) is 6.49. The summed E-state index contributed by atoms with van der Waals surface area (Å²) in [4.78, 5) is 4.13. The molecule has 0 radical (unpaired) electrons. The Kier molecular flexibility index (Phi) is 4.60. The van der Waals surface area contributed by atoms with E-state index in [0.717, 1.165) is 4.31 Å². The van der Waals surface area contributed by atoms with Crippen molar-refractivity contribution in [2.24, 2.45) is 0 Å². The van der Waals surface area contributed by atoms with Crippen LogP contribution in [0.15, 0.2) is 42.6 Å². The van der Waals surface area contributed by atoms with Crippen molar-refractivity contribution < 1.29 is 8.42 Å². The van der Waals surface area contributed by atoms with E-state index in [0.29, 0.717) is 22.8 Å². The van der Waals surface area contributed by atoms with Gasteiger partial charge in [-0.15, -0.1) is 0 Å². The van der Waals surface area contributed by atoms with Gasteiger partial charge in [-0.2, -0.15) is 18.0 Å². The summed E-state index contributed by atoms with van der Waals surface area (Å²) in [7, 11) is -0.684. The van der Waals surface area contributed by atoms with Gasteiger partial charge in [0.05, 0.1) is 23.1 Å². The molecule has 0 amide bonds. The van der Waals surface area contributed by atoms with Crippen LogP contribution >= 0.6 is 0 Å². The van der Waals surface area contributed by atoms with Crippen LogP contribution in [0.3, 0.4) is 0 Å². The zero-order chi connectivity index (χ0) is 16.2. The first-order chi connectivity index (χ1) is 10.4. The Bertz CT molecular complexity index is 795. The van der Waals surface area contributed by atoms with Crippen molar-refractivity contribution in [3.05, 3.63) is 48.2 Å². The molecule has 2 N–H and O–H groups in total. The highest BCUT2D eigenvalue weighted by molar-refractivity contribution is 7.90.